The molecule has 64 valence electrons. The second-order valence-electron chi connectivity index (χ2n) is 3.23. The second-order valence-corrected chi connectivity index (χ2v) is 9.57. The van der Waals surface area contributed by atoms with E-state index in [1.165, 1.54) is 10.6 Å². The first kappa shape index (κ1) is 11.0. The molecule has 0 aliphatic carbocycles. The van der Waals surface area contributed by atoms with Gasteiger partial charge in [-0.3, -0.25) is 0 Å². The standard InChI is InChI=1S/C12H10P.K/c1-3-7-11(8-4-1)13-12-9-5-2-6-10-12;/h1-10H;/q-1;+1. The summed E-state index contributed by atoms with van der Waals surface area (Å²) in [6.07, 6.45) is 0. The van der Waals surface area contributed by atoms with Crippen LogP contribution in [0.1, 0.15) is 0 Å². The summed E-state index contributed by atoms with van der Waals surface area (Å²) in [5.41, 5.74) is 0. The average molecular weight is 224 g/mol. The zero-order chi connectivity index (χ0) is 9.80. The molecule has 0 saturated heterocycles. The molecular formula is C12H10KP. The second kappa shape index (κ2) is 5.55. The van der Waals surface area contributed by atoms with Crippen molar-refractivity contribution in [3.63, 3.8) is 0 Å². The molecule has 0 spiro atoms. The fourth-order valence-corrected chi connectivity index (χ4v) is 5.78. The number of rotatable bonds is 2. The maximum absolute atomic E-state index is 2.25. The Morgan fingerprint density at radius 3 is 1.36 bits per heavy atom. The minimum atomic E-state index is 0.0167. The molecule has 0 heterocycles. The summed E-state index contributed by atoms with van der Waals surface area (Å²) in [5, 5.41) is 3.04. The van der Waals surface area contributed by atoms with Crippen LogP contribution in [0.25, 0.3) is 0 Å². The van der Waals surface area contributed by atoms with Gasteiger partial charge in [-0.1, -0.05) is 0 Å². The Morgan fingerprint density at radius 1 is 0.643 bits per heavy atom. The molecule has 2 rings (SSSR count). The molecule has 0 bridgehead atoms. The maximum atomic E-state index is 2.25. The summed E-state index contributed by atoms with van der Waals surface area (Å²) in [6, 6.07) is 21.7. The Balaban J connectivity index is 2.30. The quantitative estimate of drug-likeness (QED) is 0.542. The van der Waals surface area contributed by atoms with E-state index < -0.39 is 0 Å². The van der Waals surface area contributed by atoms with E-state index in [-0.39, 0.29) is 1.00 Å². The van der Waals surface area contributed by atoms with Crippen LogP contribution in [-0.4, -0.2) is 48.1 Å². The van der Waals surface area contributed by atoms with E-state index in [9.17, 15) is 0 Å². The molecule has 14 heavy (non-hydrogen) atoms. The molecule has 2 aromatic carbocycles. The Hall–Kier alpha value is 0.506. The van der Waals surface area contributed by atoms with Gasteiger partial charge in [0.25, 0.3) is 0 Å². The zero-order valence-electron chi connectivity index (χ0n) is 8.22. The predicted octanol–water partition coefficient (Wildman–Crippen LogP) is 2.20. The van der Waals surface area contributed by atoms with Crippen molar-refractivity contribution < 1.29 is 0 Å². The third-order valence-corrected chi connectivity index (χ3v) is 9.27. The van der Waals surface area contributed by atoms with E-state index >= 15 is 0 Å². The first-order valence-corrected chi connectivity index (χ1v) is 10.7. The SMILES string of the molecule is [K][P](c1ccccc1)c1ccccc1. The number of hydrogen-bond donors (Lipinski definition) is 0. The molecule has 0 aliphatic rings. The van der Waals surface area contributed by atoms with E-state index in [1.807, 2.05) is 0 Å². The first-order chi connectivity index (χ1) is 6.88. The van der Waals surface area contributed by atoms with Crippen LogP contribution in [0.15, 0.2) is 60.7 Å². The third-order valence-electron chi connectivity index (χ3n) is 2.29. The summed E-state index contributed by atoms with van der Waals surface area (Å²) in [7, 11) is 0. The minimum absolute atomic E-state index is 0.0167. The van der Waals surface area contributed by atoms with E-state index in [0.29, 0.717) is 0 Å². The van der Waals surface area contributed by atoms with Gasteiger partial charge in [0.15, 0.2) is 0 Å². The van der Waals surface area contributed by atoms with Crippen molar-refractivity contribution in [1.29, 1.82) is 0 Å². The molecule has 0 nitrogen and oxygen atoms in total. The molecule has 2 aromatic rings. The summed E-state index contributed by atoms with van der Waals surface area (Å²) in [4.78, 5) is 0. The Labute approximate surface area is 118 Å². The van der Waals surface area contributed by atoms with Crippen LogP contribution in [0.3, 0.4) is 0 Å². The van der Waals surface area contributed by atoms with Gasteiger partial charge >= 0.3 is 120 Å². The Morgan fingerprint density at radius 2 is 1.00 bits per heavy atom. The van der Waals surface area contributed by atoms with Gasteiger partial charge in [0.05, 0.1) is 0 Å². The van der Waals surface area contributed by atoms with Crippen LogP contribution in [-0.2, 0) is 0 Å². The van der Waals surface area contributed by atoms with Crippen molar-refractivity contribution in [2.45, 2.75) is 0 Å². The fourth-order valence-electron chi connectivity index (χ4n) is 1.45. The van der Waals surface area contributed by atoms with Gasteiger partial charge in [-0.2, -0.15) is 0 Å². The summed E-state index contributed by atoms with van der Waals surface area (Å²) in [6.45, 7) is 0. The number of hydrogen-bond acceptors (Lipinski definition) is 0. The van der Waals surface area contributed by atoms with E-state index in [4.69, 9.17) is 0 Å². The molecule has 0 radical (unpaired) electrons. The summed E-state index contributed by atoms with van der Waals surface area (Å²) >= 11 is 0.852. The van der Waals surface area contributed by atoms with Gasteiger partial charge in [0, 0.05) is 0 Å². The molecule has 0 aromatic heterocycles. The normalized spacial score (nSPS) is 10.5. The van der Waals surface area contributed by atoms with Crippen molar-refractivity contribution in [3.05, 3.63) is 60.7 Å². The molecular weight excluding hydrogens is 214 g/mol. The van der Waals surface area contributed by atoms with Crippen LogP contribution >= 0.6 is 1.00 Å². The number of benzene rings is 2. The molecule has 2 heteroatoms. The van der Waals surface area contributed by atoms with Crippen LogP contribution in [0.2, 0.25) is 0 Å². The fraction of sp³-hybridized carbons (Fsp3) is 0. The third kappa shape index (κ3) is 2.76. The summed E-state index contributed by atoms with van der Waals surface area (Å²) < 4.78 is 0.0167. The van der Waals surface area contributed by atoms with Gasteiger partial charge in [-0.05, 0) is 0 Å². The van der Waals surface area contributed by atoms with Crippen molar-refractivity contribution in [2.75, 3.05) is 0 Å². The summed E-state index contributed by atoms with van der Waals surface area (Å²) in [5.74, 6) is 0. The van der Waals surface area contributed by atoms with Crippen LogP contribution in [0.5, 0.6) is 0 Å². The van der Waals surface area contributed by atoms with E-state index in [2.05, 4.69) is 60.7 Å². The van der Waals surface area contributed by atoms with Crippen LogP contribution in [0, 0.1) is 0 Å². The molecule has 0 atom stereocenters. The Bertz CT molecular complexity index is 346. The molecule has 0 N–H and O–H groups in total. The van der Waals surface area contributed by atoms with Crippen LogP contribution in [0.4, 0.5) is 0 Å². The molecule has 0 aliphatic heterocycles. The monoisotopic (exact) mass is 224 g/mol. The molecule has 0 unspecified atom stereocenters. The van der Waals surface area contributed by atoms with Crippen LogP contribution < -0.4 is 10.6 Å². The van der Waals surface area contributed by atoms with E-state index in [1.54, 1.807) is 0 Å². The Kier molecular flexibility index (Phi) is 4.36. The molecule has 0 fully saturated rings. The van der Waals surface area contributed by atoms with Crippen molar-refractivity contribution in [3.8, 4) is 0 Å². The predicted molar refractivity (Wildman–Crippen MR) is 64.8 cm³/mol. The molecule has 0 amide bonds. The van der Waals surface area contributed by atoms with Gasteiger partial charge in [-0.15, -0.1) is 0 Å². The topological polar surface area (TPSA) is 0 Å². The van der Waals surface area contributed by atoms with Gasteiger partial charge in [-0.25, -0.2) is 0 Å². The van der Waals surface area contributed by atoms with Crippen molar-refractivity contribution in [1.82, 2.24) is 0 Å². The van der Waals surface area contributed by atoms with Gasteiger partial charge in [0.2, 0.25) is 0 Å². The van der Waals surface area contributed by atoms with Gasteiger partial charge in [0.1, 0.15) is 0 Å². The van der Waals surface area contributed by atoms with Crippen molar-refractivity contribution >= 4 is 59.7 Å². The molecule has 0 saturated carbocycles. The van der Waals surface area contributed by atoms with E-state index in [0.717, 1.165) is 48.1 Å². The van der Waals surface area contributed by atoms with Crippen molar-refractivity contribution in [2.24, 2.45) is 0 Å². The first-order valence-electron chi connectivity index (χ1n) is 4.72. The zero-order valence-corrected chi connectivity index (χ0v) is 12.2. The average Bonchev–Trinajstić information content (AvgIpc) is 2.30. The van der Waals surface area contributed by atoms with Gasteiger partial charge < -0.3 is 0 Å².